The summed E-state index contributed by atoms with van der Waals surface area (Å²) in [5, 5.41) is 9.39. The summed E-state index contributed by atoms with van der Waals surface area (Å²) in [5.41, 5.74) is 4.15. The van der Waals surface area contributed by atoms with E-state index >= 15 is 0 Å². The van der Waals surface area contributed by atoms with Crippen LogP contribution < -0.4 is 4.74 Å². The molecule has 0 unspecified atom stereocenters. The third-order valence-electron chi connectivity index (χ3n) is 3.09. The van der Waals surface area contributed by atoms with Crippen LogP contribution in [0.25, 0.3) is 11.3 Å². The van der Waals surface area contributed by atoms with E-state index in [-0.39, 0.29) is 6.01 Å². The van der Waals surface area contributed by atoms with Gasteiger partial charge in [-0.25, -0.2) is 4.98 Å². The van der Waals surface area contributed by atoms with Gasteiger partial charge in [-0.3, -0.25) is 0 Å². The molecule has 4 nitrogen and oxygen atoms in total. The van der Waals surface area contributed by atoms with Crippen molar-refractivity contribution in [1.82, 2.24) is 9.97 Å². The van der Waals surface area contributed by atoms with Crippen LogP contribution in [0.15, 0.2) is 24.4 Å². The minimum atomic E-state index is -0.181. The van der Waals surface area contributed by atoms with E-state index in [0.717, 1.165) is 35.4 Å². The van der Waals surface area contributed by atoms with Gasteiger partial charge in [-0.15, -0.1) is 0 Å². The number of aromatic nitrogens is 2. The summed E-state index contributed by atoms with van der Waals surface area (Å²) < 4.78 is 5.22. The van der Waals surface area contributed by atoms with Gasteiger partial charge in [-0.05, 0) is 36.1 Å². The number of fused-ring (bicyclic) bond motifs is 3. The van der Waals surface area contributed by atoms with E-state index < -0.39 is 0 Å². The van der Waals surface area contributed by atoms with Crippen LogP contribution in [-0.2, 0) is 12.8 Å². The van der Waals surface area contributed by atoms with E-state index in [2.05, 4.69) is 16.0 Å². The molecule has 1 N–H and O–H groups in total. The van der Waals surface area contributed by atoms with Crippen LogP contribution in [-0.4, -0.2) is 22.2 Å². The van der Waals surface area contributed by atoms with Crippen LogP contribution in [0, 0.1) is 0 Å². The first-order chi connectivity index (χ1) is 8.28. The molecule has 0 bridgehead atoms. The van der Waals surface area contributed by atoms with Gasteiger partial charge in [0.1, 0.15) is 5.75 Å². The van der Waals surface area contributed by atoms with Crippen molar-refractivity contribution in [2.75, 3.05) is 7.11 Å². The molecule has 0 radical (unpaired) electrons. The van der Waals surface area contributed by atoms with E-state index in [0.29, 0.717) is 0 Å². The fraction of sp³-hybridized carbons (Fsp3) is 0.231. The second kappa shape index (κ2) is 3.73. The molecule has 0 saturated heterocycles. The smallest absolute Gasteiger partial charge is 0.314 e. The number of benzene rings is 1. The predicted molar refractivity (Wildman–Crippen MR) is 63.1 cm³/mol. The molecule has 0 spiro atoms. The molecule has 1 aliphatic carbocycles. The maximum absolute atomic E-state index is 9.39. The van der Waals surface area contributed by atoms with Crippen molar-refractivity contribution in [3.05, 3.63) is 35.5 Å². The van der Waals surface area contributed by atoms with Crippen molar-refractivity contribution in [3.8, 4) is 23.0 Å². The van der Waals surface area contributed by atoms with Crippen molar-refractivity contribution in [3.63, 3.8) is 0 Å². The highest BCUT2D eigenvalue weighted by atomic mass is 16.5. The van der Waals surface area contributed by atoms with Crippen molar-refractivity contribution in [2.24, 2.45) is 0 Å². The summed E-state index contributed by atoms with van der Waals surface area (Å²) in [6.45, 7) is 0. The highest BCUT2D eigenvalue weighted by molar-refractivity contribution is 5.70. The molecule has 17 heavy (non-hydrogen) atoms. The zero-order chi connectivity index (χ0) is 11.8. The second-order valence-electron chi connectivity index (χ2n) is 4.07. The van der Waals surface area contributed by atoms with E-state index in [1.807, 2.05) is 12.1 Å². The summed E-state index contributed by atoms with van der Waals surface area (Å²) >= 11 is 0. The number of nitrogens with zero attached hydrogens (tertiary/aromatic N) is 2. The second-order valence-corrected chi connectivity index (χ2v) is 4.07. The van der Waals surface area contributed by atoms with Gasteiger partial charge in [0.05, 0.1) is 12.8 Å². The molecule has 0 fully saturated rings. The molecular formula is C13H12N2O2. The van der Waals surface area contributed by atoms with Gasteiger partial charge >= 0.3 is 6.01 Å². The molecule has 3 rings (SSSR count). The third-order valence-corrected chi connectivity index (χ3v) is 3.09. The summed E-state index contributed by atoms with van der Waals surface area (Å²) in [5.74, 6) is 0.801. The first-order valence-corrected chi connectivity index (χ1v) is 5.50. The average Bonchev–Trinajstić information content (AvgIpc) is 2.38. The normalized spacial score (nSPS) is 12.8. The van der Waals surface area contributed by atoms with Crippen molar-refractivity contribution >= 4 is 0 Å². The Labute approximate surface area is 98.9 Å². The quantitative estimate of drug-likeness (QED) is 0.810. The van der Waals surface area contributed by atoms with E-state index in [1.165, 1.54) is 5.56 Å². The fourth-order valence-corrected chi connectivity index (χ4v) is 2.20. The number of aryl methyl sites for hydroxylation is 2. The Bertz CT molecular complexity index is 582. The van der Waals surface area contributed by atoms with Crippen molar-refractivity contribution in [2.45, 2.75) is 12.8 Å². The first-order valence-electron chi connectivity index (χ1n) is 5.50. The van der Waals surface area contributed by atoms with E-state index in [1.54, 1.807) is 13.3 Å². The summed E-state index contributed by atoms with van der Waals surface area (Å²) in [6, 6.07) is 5.78. The molecule has 1 aromatic heterocycles. The Hall–Kier alpha value is -2.10. The highest BCUT2D eigenvalue weighted by Crippen LogP contribution is 2.34. The van der Waals surface area contributed by atoms with Crippen LogP contribution in [0.5, 0.6) is 11.8 Å². The lowest BCUT2D eigenvalue weighted by Crippen LogP contribution is -2.06. The van der Waals surface area contributed by atoms with Crippen molar-refractivity contribution < 1.29 is 9.84 Å². The van der Waals surface area contributed by atoms with Crippen LogP contribution in [0.4, 0.5) is 0 Å². The Kier molecular flexibility index (Phi) is 2.21. The number of rotatable bonds is 1. The van der Waals surface area contributed by atoms with Crippen LogP contribution in [0.1, 0.15) is 11.1 Å². The molecule has 0 amide bonds. The van der Waals surface area contributed by atoms with Gasteiger partial charge in [-0.2, -0.15) is 4.98 Å². The van der Waals surface area contributed by atoms with E-state index in [4.69, 9.17) is 4.74 Å². The third kappa shape index (κ3) is 1.62. The maximum Gasteiger partial charge on any atom is 0.314 e. The topological polar surface area (TPSA) is 55.2 Å². The van der Waals surface area contributed by atoms with Gasteiger partial charge < -0.3 is 9.84 Å². The van der Waals surface area contributed by atoms with Crippen LogP contribution >= 0.6 is 0 Å². The lowest BCUT2D eigenvalue weighted by Gasteiger charge is -2.18. The Morgan fingerprint density at radius 2 is 2.06 bits per heavy atom. The number of hydrogen-bond acceptors (Lipinski definition) is 4. The molecule has 86 valence electrons. The SMILES string of the molecule is COc1ccc2c(c1)-c1nc(O)ncc1CC2. The Balaban J connectivity index is 2.22. The van der Waals surface area contributed by atoms with Gasteiger partial charge in [-0.1, -0.05) is 6.07 Å². The fourth-order valence-electron chi connectivity index (χ4n) is 2.20. The molecular weight excluding hydrogens is 216 g/mol. The summed E-state index contributed by atoms with van der Waals surface area (Å²) in [7, 11) is 1.64. The lowest BCUT2D eigenvalue weighted by atomic mass is 9.90. The number of hydrogen-bond donors (Lipinski definition) is 1. The van der Waals surface area contributed by atoms with Crippen molar-refractivity contribution in [1.29, 1.82) is 0 Å². The Morgan fingerprint density at radius 1 is 1.24 bits per heavy atom. The zero-order valence-corrected chi connectivity index (χ0v) is 9.47. The minimum Gasteiger partial charge on any atom is -0.497 e. The number of aromatic hydroxyl groups is 1. The monoisotopic (exact) mass is 228 g/mol. The maximum atomic E-state index is 9.39. The molecule has 2 aromatic rings. The van der Waals surface area contributed by atoms with Gasteiger partial charge in [0.25, 0.3) is 0 Å². The van der Waals surface area contributed by atoms with Gasteiger partial charge in [0.15, 0.2) is 0 Å². The average molecular weight is 228 g/mol. The molecule has 1 aliphatic rings. The molecule has 4 heteroatoms. The molecule has 1 heterocycles. The van der Waals surface area contributed by atoms with E-state index in [9.17, 15) is 5.11 Å². The van der Waals surface area contributed by atoms with Crippen LogP contribution in [0.3, 0.4) is 0 Å². The summed E-state index contributed by atoms with van der Waals surface area (Å²) in [6.07, 6.45) is 3.58. The Morgan fingerprint density at radius 3 is 2.88 bits per heavy atom. The lowest BCUT2D eigenvalue weighted by molar-refractivity contribution is 0.414. The largest absolute Gasteiger partial charge is 0.497 e. The number of ether oxygens (including phenoxy) is 1. The molecule has 0 atom stereocenters. The molecule has 0 aliphatic heterocycles. The predicted octanol–water partition coefficient (Wildman–Crippen LogP) is 1.96. The zero-order valence-electron chi connectivity index (χ0n) is 9.47. The minimum absolute atomic E-state index is 0.181. The standard InChI is InChI=1S/C13H12N2O2/c1-17-10-5-4-8-2-3-9-7-14-13(16)15-12(9)11(8)6-10/h4-7H,2-3H2,1H3,(H,14,15,16). The molecule has 0 saturated carbocycles. The number of methoxy groups -OCH3 is 1. The highest BCUT2D eigenvalue weighted by Gasteiger charge is 2.18. The molecule has 1 aromatic carbocycles. The first kappa shape index (κ1) is 10.1. The van der Waals surface area contributed by atoms with Gasteiger partial charge in [0, 0.05) is 11.8 Å². The van der Waals surface area contributed by atoms with Gasteiger partial charge in [0.2, 0.25) is 0 Å². The van der Waals surface area contributed by atoms with Crippen LogP contribution in [0.2, 0.25) is 0 Å². The summed E-state index contributed by atoms with van der Waals surface area (Å²) in [4.78, 5) is 7.94.